The number of nitro groups is 1. The molecule has 0 fully saturated rings. The van der Waals surface area contributed by atoms with E-state index in [-0.39, 0.29) is 11.5 Å². The van der Waals surface area contributed by atoms with E-state index < -0.39 is 4.92 Å². The first-order chi connectivity index (χ1) is 9.06. The summed E-state index contributed by atoms with van der Waals surface area (Å²) in [6.45, 7) is 0. The Morgan fingerprint density at radius 1 is 1.21 bits per heavy atom. The number of carbonyl (C=O) groups excluding carboxylic acids is 1. The molecular weight excluding hydrogens is 286 g/mol. The molecule has 0 saturated heterocycles. The molecule has 96 valence electrons. The van der Waals surface area contributed by atoms with Crippen LogP contribution in [0.25, 0.3) is 6.08 Å². The number of rotatable bonds is 4. The molecule has 1 aromatic carbocycles. The fraction of sp³-hybridized carbons (Fsp3) is 0. The molecule has 6 heteroatoms. The minimum atomic E-state index is -0.466. The maximum absolute atomic E-state index is 11.8. The van der Waals surface area contributed by atoms with Gasteiger partial charge in [-0.3, -0.25) is 14.9 Å². The second-order valence-electron chi connectivity index (χ2n) is 3.65. The Morgan fingerprint density at radius 3 is 2.42 bits per heavy atom. The highest BCUT2D eigenvalue weighted by Crippen LogP contribution is 2.22. The lowest BCUT2D eigenvalue weighted by Crippen LogP contribution is -1.89. The summed E-state index contributed by atoms with van der Waals surface area (Å²) in [4.78, 5) is 22.3. The largest absolute Gasteiger partial charge is 0.288 e. The van der Waals surface area contributed by atoms with Crippen LogP contribution >= 0.6 is 22.9 Å². The lowest BCUT2D eigenvalue weighted by Gasteiger charge is -1.93. The van der Waals surface area contributed by atoms with Crippen LogP contribution in [0.4, 0.5) is 5.69 Å². The summed E-state index contributed by atoms with van der Waals surface area (Å²) >= 11 is 6.96. The first-order valence-electron chi connectivity index (χ1n) is 5.28. The van der Waals surface area contributed by atoms with Crippen molar-refractivity contribution in [2.24, 2.45) is 0 Å². The molecule has 19 heavy (non-hydrogen) atoms. The van der Waals surface area contributed by atoms with Gasteiger partial charge in [0, 0.05) is 12.1 Å². The number of allylic oxidation sites excluding steroid dienone is 1. The number of ketones is 1. The van der Waals surface area contributed by atoms with E-state index in [0.29, 0.717) is 9.21 Å². The van der Waals surface area contributed by atoms with Gasteiger partial charge in [-0.15, -0.1) is 11.3 Å². The number of non-ortho nitro benzene ring substituents is 1. The molecular formula is C13H8ClNO3S. The van der Waals surface area contributed by atoms with Crippen LogP contribution in [-0.4, -0.2) is 10.7 Å². The van der Waals surface area contributed by atoms with Gasteiger partial charge >= 0.3 is 0 Å². The molecule has 1 aromatic heterocycles. The van der Waals surface area contributed by atoms with Gasteiger partial charge in [0.2, 0.25) is 0 Å². The summed E-state index contributed by atoms with van der Waals surface area (Å²) < 4.78 is 0.562. The van der Waals surface area contributed by atoms with Crippen molar-refractivity contribution < 1.29 is 9.72 Å². The first kappa shape index (κ1) is 13.5. The van der Waals surface area contributed by atoms with E-state index in [1.54, 1.807) is 30.3 Å². The van der Waals surface area contributed by atoms with Crippen molar-refractivity contribution in [3.63, 3.8) is 0 Å². The van der Waals surface area contributed by atoms with Gasteiger partial charge in [0.1, 0.15) is 0 Å². The number of carbonyl (C=O) groups is 1. The van der Waals surface area contributed by atoms with Gasteiger partial charge in [-0.1, -0.05) is 17.7 Å². The van der Waals surface area contributed by atoms with E-state index in [1.807, 2.05) is 0 Å². The monoisotopic (exact) mass is 293 g/mol. The van der Waals surface area contributed by atoms with E-state index in [9.17, 15) is 14.9 Å². The van der Waals surface area contributed by atoms with Gasteiger partial charge < -0.3 is 0 Å². The smallest absolute Gasteiger partial charge is 0.269 e. The predicted molar refractivity (Wildman–Crippen MR) is 75.8 cm³/mol. The maximum Gasteiger partial charge on any atom is 0.269 e. The Balaban J connectivity index is 2.10. The summed E-state index contributed by atoms with van der Waals surface area (Å²) in [7, 11) is 0. The van der Waals surface area contributed by atoms with Crippen molar-refractivity contribution in [3.05, 3.63) is 67.4 Å². The van der Waals surface area contributed by atoms with Gasteiger partial charge in [0.25, 0.3) is 5.69 Å². The summed E-state index contributed by atoms with van der Waals surface area (Å²) in [5, 5.41) is 10.5. The van der Waals surface area contributed by atoms with E-state index in [4.69, 9.17) is 11.6 Å². The van der Waals surface area contributed by atoms with Crippen LogP contribution in [0.5, 0.6) is 0 Å². The molecule has 1 heterocycles. The van der Waals surface area contributed by atoms with Crippen molar-refractivity contribution >= 4 is 40.5 Å². The van der Waals surface area contributed by atoms with Crippen LogP contribution in [0, 0.1) is 10.1 Å². The average Bonchev–Trinajstić information content (AvgIpc) is 2.83. The molecule has 0 saturated carbocycles. The summed E-state index contributed by atoms with van der Waals surface area (Å²) in [6, 6.07) is 9.29. The zero-order valence-electron chi connectivity index (χ0n) is 9.58. The molecule has 4 nitrogen and oxygen atoms in total. The zero-order valence-corrected chi connectivity index (χ0v) is 11.1. The van der Waals surface area contributed by atoms with Gasteiger partial charge in [-0.2, -0.15) is 0 Å². The number of thiophene rings is 1. The molecule has 0 radical (unpaired) electrons. The number of nitro benzene ring substituents is 1. The van der Waals surface area contributed by atoms with Crippen LogP contribution in [0.1, 0.15) is 15.2 Å². The Morgan fingerprint density at radius 2 is 1.89 bits per heavy atom. The average molecular weight is 294 g/mol. The lowest BCUT2D eigenvalue weighted by atomic mass is 10.1. The van der Waals surface area contributed by atoms with Crippen molar-refractivity contribution in [2.75, 3.05) is 0 Å². The predicted octanol–water partition coefficient (Wildman–Crippen LogP) is 4.21. The normalized spacial score (nSPS) is 10.8. The van der Waals surface area contributed by atoms with Crippen LogP contribution in [0.2, 0.25) is 4.34 Å². The van der Waals surface area contributed by atoms with Crippen molar-refractivity contribution in [3.8, 4) is 0 Å². The second kappa shape index (κ2) is 5.77. The SMILES string of the molecule is O=C(C=Cc1ccc([N+](=O)[O-])cc1)c1ccc(Cl)s1. The van der Waals surface area contributed by atoms with E-state index in [1.165, 1.54) is 29.5 Å². The van der Waals surface area contributed by atoms with Crippen LogP contribution in [0.15, 0.2) is 42.5 Å². The molecule has 2 rings (SSSR count). The Hall–Kier alpha value is -1.98. The number of hydrogen-bond donors (Lipinski definition) is 0. The topological polar surface area (TPSA) is 60.2 Å². The van der Waals surface area contributed by atoms with Gasteiger partial charge in [0.15, 0.2) is 5.78 Å². The van der Waals surface area contributed by atoms with Crippen molar-refractivity contribution in [2.45, 2.75) is 0 Å². The number of benzene rings is 1. The fourth-order valence-electron chi connectivity index (χ4n) is 1.41. The molecule has 0 amide bonds. The van der Waals surface area contributed by atoms with Gasteiger partial charge in [-0.25, -0.2) is 0 Å². The number of halogens is 1. The van der Waals surface area contributed by atoms with E-state index in [2.05, 4.69) is 0 Å². The highest BCUT2D eigenvalue weighted by atomic mass is 35.5. The van der Waals surface area contributed by atoms with E-state index >= 15 is 0 Å². The lowest BCUT2D eigenvalue weighted by molar-refractivity contribution is -0.384. The third-order valence-corrected chi connectivity index (χ3v) is 3.59. The number of nitrogens with zero attached hydrogens (tertiary/aromatic N) is 1. The van der Waals surface area contributed by atoms with Gasteiger partial charge in [-0.05, 0) is 35.9 Å². The quantitative estimate of drug-likeness (QED) is 0.367. The summed E-state index contributed by atoms with van der Waals surface area (Å²) in [6.07, 6.45) is 3.03. The summed E-state index contributed by atoms with van der Waals surface area (Å²) in [5.74, 6) is -0.143. The van der Waals surface area contributed by atoms with Crippen molar-refractivity contribution in [1.82, 2.24) is 0 Å². The molecule has 0 aliphatic heterocycles. The van der Waals surface area contributed by atoms with Crippen LogP contribution in [-0.2, 0) is 0 Å². The molecule has 0 aliphatic carbocycles. The van der Waals surface area contributed by atoms with Gasteiger partial charge in [0.05, 0.1) is 14.1 Å². The Bertz CT molecular complexity index is 646. The zero-order chi connectivity index (χ0) is 13.8. The number of hydrogen-bond acceptors (Lipinski definition) is 4. The second-order valence-corrected chi connectivity index (χ2v) is 5.37. The molecule has 2 aromatic rings. The highest BCUT2D eigenvalue weighted by Gasteiger charge is 2.05. The highest BCUT2D eigenvalue weighted by molar-refractivity contribution is 7.18. The molecule has 0 spiro atoms. The van der Waals surface area contributed by atoms with Crippen molar-refractivity contribution in [1.29, 1.82) is 0 Å². The summed E-state index contributed by atoms with van der Waals surface area (Å²) in [5.41, 5.74) is 0.745. The Labute approximate surface area is 118 Å². The maximum atomic E-state index is 11.8. The third kappa shape index (κ3) is 3.49. The molecule has 0 unspecified atom stereocenters. The molecule has 0 aliphatic rings. The minimum Gasteiger partial charge on any atom is -0.288 e. The molecule has 0 bridgehead atoms. The first-order valence-corrected chi connectivity index (χ1v) is 6.48. The molecule has 0 N–H and O–H groups in total. The van der Waals surface area contributed by atoms with Crippen LogP contribution < -0.4 is 0 Å². The standard InChI is InChI=1S/C13H8ClNO3S/c14-13-8-7-12(19-13)11(16)6-3-9-1-4-10(5-2-9)15(17)18/h1-8H. The third-order valence-electron chi connectivity index (χ3n) is 2.35. The minimum absolute atomic E-state index is 0.0218. The fourth-order valence-corrected chi connectivity index (χ4v) is 2.37. The molecule has 0 atom stereocenters. The Kier molecular flexibility index (Phi) is 4.09. The van der Waals surface area contributed by atoms with E-state index in [0.717, 1.165) is 5.56 Å². The van der Waals surface area contributed by atoms with Crippen LogP contribution in [0.3, 0.4) is 0 Å².